The number of hydrogen-bond donors (Lipinski definition) is 1. The van der Waals surface area contributed by atoms with Gasteiger partial charge in [-0.15, -0.1) is 0 Å². The van der Waals surface area contributed by atoms with Crippen molar-refractivity contribution in [1.82, 2.24) is 5.32 Å². The van der Waals surface area contributed by atoms with Crippen LogP contribution in [0, 0.1) is 11.8 Å². The Morgan fingerprint density at radius 3 is 2.29 bits per heavy atom. The SMILES string of the molecule is CC(C)CC(=O)CCCC(C)(C)OCCNC(=O)C(C)C. The van der Waals surface area contributed by atoms with Crippen molar-refractivity contribution in [3.05, 3.63) is 0 Å². The van der Waals surface area contributed by atoms with Gasteiger partial charge < -0.3 is 10.1 Å². The van der Waals surface area contributed by atoms with Crippen molar-refractivity contribution in [2.24, 2.45) is 11.8 Å². The summed E-state index contributed by atoms with van der Waals surface area (Å²) in [4.78, 5) is 23.0. The van der Waals surface area contributed by atoms with E-state index < -0.39 is 0 Å². The summed E-state index contributed by atoms with van der Waals surface area (Å²) in [5, 5.41) is 2.83. The van der Waals surface area contributed by atoms with Gasteiger partial charge in [-0.1, -0.05) is 27.7 Å². The zero-order chi connectivity index (χ0) is 16.5. The van der Waals surface area contributed by atoms with E-state index in [1.165, 1.54) is 0 Å². The van der Waals surface area contributed by atoms with Crippen molar-refractivity contribution < 1.29 is 14.3 Å². The first-order chi connectivity index (χ1) is 9.64. The molecular formula is C17H33NO3. The normalized spacial score (nSPS) is 12.0. The molecule has 0 rings (SSSR count). The second-order valence-corrected chi connectivity index (χ2v) is 7.04. The maximum absolute atomic E-state index is 11.7. The van der Waals surface area contributed by atoms with Gasteiger partial charge in [-0.25, -0.2) is 0 Å². The van der Waals surface area contributed by atoms with Crippen LogP contribution in [0.2, 0.25) is 0 Å². The van der Waals surface area contributed by atoms with Gasteiger partial charge in [0.2, 0.25) is 5.91 Å². The molecule has 0 unspecified atom stereocenters. The van der Waals surface area contributed by atoms with Gasteiger partial charge in [0.25, 0.3) is 0 Å². The van der Waals surface area contributed by atoms with Crippen LogP contribution < -0.4 is 5.32 Å². The molecule has 0 saturated heterocycles. The Morgan fingerprint density at radius 2 is 1.76 bits per heavy atom. The zero-order valence-corrected chi connectivity index (χ0v) is 14.6. The minimum Gasteiger partial charge on any atom is -0.374 e. The quantitative estimate of drug-likeness (QED) is 0.595. The van der Waals surface area contributed by atoms with E-state index in [0.717, 1.165) is 12.8 Å². The Balaban J connectivity index is 3.78. The van der Waals surface area contributed by atoms with Crippen LogP contribution in [0.5, 0.6) is 0 Å². The molecule has 0 spiro atoms. The lowest BCUT2D eigenvalue weighted by Crippen LogP contribution is -2.34. The Labute approximate surface area is 130 Å². The Bertz CT molecular complexity index is 322. The maximum Gasteiger partial charge on any atom is 0.222 e. The second kappa shape index (κ2) is 9.93. The first-order valence-electron chi connectivity index (χ1n) is 8.07. The van der Waals surface area contributed by atoms with E-state index in [-0.39, 0.29) is 17.4 Å². The fraction of sp³-hybridized carbons (Fsp3) is 0.882. The average Bonchev–Trinajstić information content (AvgIpc) is 2.32. The van der Waals surface area contributed by atoms with Crippen LogP contribution in [-0.2, 0) is 14.3 Å². The molecule has 0 aromatic carbocycles. The molecule has 21 heavy (non-hydrogen) atoms. The molecule has 0 fully saturated rings. The molecule has 4 nitrogen and oxygen atoms in total. The van der Waals surface area contributed by atoms with Crippen LogP contribution in [0.1, 0.15) is 67.2 Å². The summed E-state index contributed by atoms with van der Waals surface area (Å²) in [6, 6.07) is 0. The lowest BCUT2D eigenvalue weighted by atomic mass is 9.97. The van der Waals surface area contributed by atoms with Crippen LogP contribution in [0.4, 0.5) is 0 Å². The Morgan fingerprint density at radius 1 is 1.14 bits per heavy atom. The largest absolute Gasteiger partial charge is 0.374 e. The van der Waals surface area contributed by atoms with Crippen molar-refractivity contribution in [3.63, 3.8) is 0 Å². The van der Waals surface area contributed by atoms with E-state index in [9.17, 15) is 9.59 Å². The molecule has 0 atom stereocenters. The zero-order valence-electron chi connectivity index (χ0n) is 14.6. The summed E-state index contributed by atoms with van der Waals surface area (Å²) in [7, 11) is 0. The Kier molecular flexibility index (Phi) is 9.51. The number of Topliss-reactive ketones (excluding diaryl/α,β-unsaturated/α-hetero) is 1. The van der Waals surface area contributed by atoms with Crippen LogP contribution in [0.15, 0.2) is 0 Å². The molecule has 0 aliphatic rings. The molecule has 0 aliphatic heterocycles. The lowest BCUT2D eigenvalue weighted by molar-refractivity contribution is -0.125. The molecule has 124 valence electrons. The molecular weight excluding hydrogens is 266 g/mol. The third-order valence-electron chi connectivity index (χ3n) is 3.29. The van der Waals surface area contributed by atoms with Crippen molar-refractivity contribution in [2.45, 2.75) is 72.8 Å². The Hall–Kier alpha value is -0.900. The topological polar surface area (TPSA) is 55.4 Å². The monoisotopic (exact) mass is 299 g/mol. The van der Waals surface area contributed by atoms with E-state index in [1.54, 1.807) is 0 Å². The maximum atomic E-state index is 11.7. The molecule has 0 saturated carbocycles. The second-order valence-electron chi connectivity index (χ2n) is 7.04. The van der Waals surface area contributed by atoms with Crippen molar-refractivity contribution >= 4 is 11.7 Å². The molecule has 0 bridgehead atoms. The number of ether oxygens (including phenoxy) is 1. The lowest BCUT2D eigenvalue weighted by Gasteiger charge is -2.25. The summed E-state index contributed by atoms with van der Waals surface area (Å²) >= 11 is 0. The molecule has 0 aliphatic carbocycles. The van der Waals surface area contributed by atoms with Gasteiger partial charge in [0, 0.05) is 25.3 Å². The molecule has 1 N–H and O–H groups in total. The predicted octanol–water partition coefficient (Wildman–Crippen LogP) is 3.34. The minimum atomic E-state index is -0.249. The smallest absolute Gasteiger partial charge is 0.222 e. The van der Waals surface area contributed by atoms with Crippen molar-refractivity contribution in [2.75, 3.05) is 13.2 Å². The van der Waals surface area contributed by atoms with E-state index in [0.29, 0.717) is 37.7 Å². The van der Waals surface area contributed by atoms with Gasteiger partial charge in [-0.05, 0) is 32.6 Å². The van der Waals surface area contributed by atoms with Crippen LogP contribution in [-0.4, -0.2) is 30.4 Å². The molecule has 0 heterocycles. The summed E-state index contributed by atoms with van der Waals surface area (Å²) in [5.74, 6) is 0.831. The van der Waals surface area contributed by atoms with Crippen LogP contribution >= 0.6 is 0 Å². The highest BCUT2D eigenvalue weighted by atomic mass is 16.5. The number of hydrogen-bond acceptors (Lipinski definition) is 3. The minimum absolute atomic E-state index is 0.00461. The molecule has 0 radical (unpaired) electrons. The number of nitrogens with one attached hydrogen (secondary N) is 1. The first-order valence-corrected chi connectivity index (χ1v) is 8.07. The summed E-state index contributed by atoms with van der Waals surface area (Å²) < 4.78 is 5.80. The highest BCUT2D eigenvalue weighted by Gasteiger charge is 2.18. The predicted molar refractivity (Wildman–Crippen MR) is 86.2 cm³/mol. The van der Waals surface area contributed by atoms with Gasteiger partial charge in [0.1, 0.15) is 5.78 Å². The third kappa shape index (κ3) is 11.4. The summed E-state index contributed by atoms with van der Waals surface area (Å²) in [6.07, 6.45) is 3.02. The molecule has 0 aromatic heterocycles. The van der Waals surface area contributed by atoms with Gasteiger partial charge in [-0.2, -0.15) is 0 Å². The number of carbonyl (C=O) groups excluding carboxylic acids is 2. The molecule has 0 aromatic rings. The van der Waals surface area contributed by atoms with E-state index in [2.05, 4.69) is 19.2 Å². The molecule has 1 amide bonds. The van der Waals surface area contributed by atoms with E-state index in [1.807, 2.05) is 27.7 Å². The van der Waals surface area contributed by atoms with Crippen molar-refractivity contribution in [3.8, 4) is 0 Å². The number of carbonyl (C=O) groups is 2. The average molecular weight is 299 g/mol. The van der Waals surface area contributed by atoms with Crippen molar-refractivity contribution in [1.29, 1.82) is 0 Å². The standard InChI is InChI=1S/C17H33NO3/c1-13(2)12-15(19)8-7-9-17(5,6)21-11-10-18-16(20)14(3)4/h13-14H,7-12H2,1-6H3,(H,18,20). The van der Waals surface area contributed by atoms with Crippen LogP contribution in [0.3, 0.4) is 0 Å². The number of amides is 1. The van der Waals surface area contributed by atoms with Gasteiger partial charge in [0.15, 0.2) is 0 Å². The van der Waals surface area contributed by atoms with Gasteiger partial charge >= 0.3 is 0 Å². The summed E-state index contributed by atoms with van der Waals surface area (Å²) in [6.45, 7) is 13.0. The van der Waals surface area contributed by atoms with Gasteiger partial charge in [0.05, 0.1) is 12.2 Å². The molecule has 4 heteroatoms. The van der Waals surface area contributed by atoms with E-state index >= 15 is 0 Å². The highest BCUT2D eigenvalue weighted by molar-refractivity contribution is 5.78. The third-order valence-corrected chi connectivity index (χ3v) is 3.29. The highest BCUT2D eigenvalue weighted by Crippen LogP contribution is 2.18. The van der Waals surface area contributed by atoms with E-state index in [4.69, 9.17) is 4.74 Å². The fourth-order valence-corrected chi connectivity index (χ4v) is 2.05. The number of rotatable bonds is 11. The number of ketones is 1. The van der Waals surface area contributed by atoms with Gasteiger partial charge in [-0.3, -0.25) is 9.59 Å². The van der Waals surface area contributed by atoms with Crippen LogP contribution in [0.25, 0.3) is 0 Å². The first kappa shape index (κ1) is 20.1. The fourth-order valence-electron chi connectivity index (χ4n) is 2.05. The summed E-state index contributed by atoms with van der Waals surface area (Å²) in [5.41, 5.74) is -0.249.